The Balaban J connectivity index is 0.000000290. The van der Waals surface area contributed by atoms with Crippen molar-refractivity contribution in [2.24, 2.45) is 4.99 Å². The van der Waals surface area contributed by atoms with Crippen molar-refractivity contribution >= 4 is 49.4 Å². The first-order valence-corrected chi connectivity index (χ1v) is 18.9. The van der Waals surface area contributed by atoms with Crippen molar-refractivity contribution in [2.45, 2.75) is 41.0 Å². The van der Waals surface area contributed by atoms with E-state index in [0.717, 1.165) is 27.7 Å². The minimum Gasteiger partial charge on any atom is -0.301 e. The van der Waals surface area contributed by atoms with Crippen LogP contribution in [0.15, 0.2) is 187 Å². The van der Waals surface area contributed by atoms with Crippen molar-refractivity contribution in [3.8, 4) is 33.5 Å². The molecule has 0 radical (unpaired) electrons. The maximum atomic E-state index is 4.50. The maximum Gasteiger partial charge on any atom is 0.0702 e. The Morgan fingerprint density at radius 2 is 1.20 bits per heavy atom. The van der Waals surface area contributed by atoms with Gasteiger partial charge in [0, 0.05) is 30.4 Å². The van der Waals surface area contributed by atoms with Gasteiger partial charge in [0.25, 0.3) is 0 Å². The fraction of sp³-hybridized carbons (Fsp3) is 0.135. The Morgan fingerprint density at radius 3 is 1.76 bits per heavy atom. The van der Waals surface area contributed by atoms with Crippen LogP contribution in [0.25, 0.3) is 76.7 Å². The van der Waals surface area contributed by atoms with Crippen LogP contribution >= 0.6 is 0 Å². The third-order valence-electron chi connectivity index (χ3n) is 9.27. The van der Waals surface area contributed by atoms with Crippen LogP contribution in [-0.2, 0) is 0 Å². The second kappa shape index (κ2) is 19.6. The zero-order valence-corrected chi connectivity index (χ0v) is 33.1. The van der Waals surface area contributed by atoms with Gasteiger partial charge in [0.15, 0.2) is 0 Å². The first kappa shape index (κ1) is 39.8. The fourth-order valence-corrected chi connectivity index (χ4v) is 6.30. The quantitative estimate of drug-likeness (QED) is 0.0976. The van der Waals surface area contributed by atoms with Gasteiger partial charge >= 0.3 is 0 Å². The molecule has 0 N–H and O–H groups in total. The van der Waals surface area contributed by atoms with Gasteiger partial charge in [-0.1, -0.05) is 154 Å². The van der Waals surface area contributed by atoms with Crippen molar-refractivity contribution in [3.05, 3.63) is 182 Å². The summed E-state index contributed by atoms with van der Waals surface area (Å²) in [5.74, 6) is 0. The molecule has 0 saturated carbocycles. The van der Waals surface area contributed by atoms with E-state index in [1.165, 1.54) is 66.6 Å². The molecule has 0 aliphatic rings. The molecule has 55 heavy (non-hydrogen) atoms. The Kier molecular flexibility index (Phi) is 14.1. The Labute approximate surface area is 327 Å². The molecule has 0 saturated heterocycles. The molecule has 0 fully saturated rings. The molecule has 0 bridgehead atoms. The molecule has 2 heterocycles. The summed E-state index contributed by atoms with van der Waals surface area (Å²) in [5, 5.41) is 8.93. The molecule has 0 spiro atoms. The Hall–Kier alpha value is -6.45. The first-order valence-electron chi connectivity index (χ1n) is 18.9. The second-order valence-electron chi connectivity index (χ2n) is 13.2. The lowest BCUT2D eigenvalue weighted by atomic mass is 9.87. The number of rotatable bonds is 6. The molecule has 2 aromatic heterocycles. The average molecular weight is 718 g/mol. The molecule has 0 aliphatic carbocycles. The van der Waals surface area contributed by atoms with Crippen LogP contribution in [0.1, 0.15) is 41.0 Å². The summed E-state index contributed by atoms with van der Waals surface area (Å²) < 4.78 is 0. The van der Waals surface area contributed by atoms with Crippen LogP contribution in [0.5, 0.6) is 0 Å². The van der Waals surface area contributed by atoms with Crippen molar-refractivity contribution in [2.75, 3.05) is 7.05 Å². The third-order valence-corrected chi connectivity index (χ3v) is 9.27. The minimum absolute atomic E-state index is 0.946. The summed E-state index contributed by atoms with van der Waals surface area (Å²) in [6.45, 7) is 17.5. The normalized spacial score (nSPS) is 11.3. The van der Waals surface area contributed by atoms with E-state index in [1.807, 2.05) is 69.6 Å². The van der Waals surface area contributed by atoms with Gasteiger partial charge in [0.2, 0.25) is 0 Å². The highest BCUT2D eigenvalue weighted by Gasteiger charge is 2.15. The molecule has 0 amide bonds. The highest BCUT2D eigenvalue weighted by Crippen LogP contribution is 2.42. The van der Waals surface area contributed by atoms with Gasteiger partial charge in [-0.2, -0.15) is 0 Å². The average Bonchev–Trinajstić information content (AvgIpc) is 3.25. The zero-order chi connectivity index (χ0) is 39.2. The van der Waals surface area contributed by atoms with Crippen LogP contribution in [-0.4, -0.2) is 23.2 Å². The number of fused-ring (bicyclic) bond motifs is 1. The summed E-state index contributed by atoms with van der Waals surface area (Å²) in [5.41, 5.74) is 10.3. The number of aromatic nitrogens is 2. The first-order chi connectivity index (χ1) is 26.9. The van der Waals surface area contributed by atoms with Crippen LogP contribution < -0.4 is 0 Å². The monoisotopic (exact) mass is 717 g/mol. The van der Waals surface area contributed by atoms with E-state index in [2.05, 4.69) is 145 Å². The molecule has 3 heteroatoms. The van der Waals surface area contributed by atoms with E-state index in [-0.39, 0.29) is 0 Å². The molecule has 8 aromatic rings. The van der Waals surface area contributed by atoms with Gasteiger partial charge < -0.3 is 4.99 Å². The van der Waals surface area contributed by atoms with E-state index < -0.39 is 0 Å². The Bertz CT molecular complexity index is 2580. The largest absolute Gasteiger partial charge is 0.301 e. The molecule has 6 aromatic carbocycles. The number of pyridine rings is 2. The van der Waals surface area contributed by atoms with Gasteiger partial charge in [-0.25, -0.2) is 0 Å². The van der Waals surface area contributed by atoms with Crippen LogP contribution in [0.4, 0.5) is 0 Å². The van der Waals surface area contributed by atoms with Gasteiger partial charge in [-0.05, 0) is 117 Å². The van der Waals surface area contributed by atoms with Gasteiger partial charge in [-0.15, -0.1) is 0 Å². The molecule has 0 aliphatic heterocycles. The molecule has 274 valence electrons. The number of benzene rings is 6. The standard InChI is InChI=1S/C36H22N2.C10H14.C3H7N.C3H8/c1-2-20-37-33(5-1)24-8-6-23(7-9-24)29-15-12-25-10-11-26-13-16-30(32-18-17-31(29)35(25)36(26)32)27-14-19-34-28(22-27)4-3-21-38-34;1-5-9(3)7-8-10(4)6-2;1-3-4-2;1-3-2/h1-22H;5-8H,1,3H2,2,4H3;3H,1-2H3;3H2,1-2H3/b;8-7-,10-6+;;. The predicted octanol–water partition coefficient (Wildman–Crippen LogP) is 14.9. The number of aliphatic imine (C=N–C) groups is 1. The molecular formula is C52H51N3. The van der Waals surface area contributed by atoms with Crippen molar-refractivity contribution in [3.63, 3.8) is 0 Å². The maximum absolute atomic E-state index is 4.50. The number of hydrogen-bond donors (Lipinski definition) is 0. The zero-order valence-electron chi connectivity index (χ0n) is 33.1. The molecule has 0 atom stereocenters. The highest BCUT2D eigenvalue weighted by atomic mass is 14.7. The number of nitrogens with zero attached hydrogens (tertiary/aromatic N) is 3. The molecule has 8 rings (SSSR count). The van der Waals surface area contributed by atoms with Gasteiger partial charge in [0.1, 0.15) is 0 Å². The van der Waals surface area contributed by atoms with E-state index in [4.69, 9.17) is 0 Å². The highest BCUT2D eigenvalue weighted by molar-refractivity contribution is 6.27. The second-order valence-corrected chi connectivity index (χ2v) is 13.2. The summed E-state index contributed by atoms with van der Waals surface area (Å²) >= 11 is 0. The van der Waals surface area contributed by atoms with Gasteiger partial charge in [-0.3, -0.25) is 9.97 Å². The van der Waals surface area contributed by atoms with Crippen LogP contribution in [0.3, 0.4) is 0 Å². The van der Waals surface area contributed by atoms with E-state index in [1.54, 1.807) is 19.3 Å². The third kappa shape index (κ3) is 9.57. The SMILES string of the molecule is C=CC(=C)/C=C\C(C)=C\C.CC=NC.CCC.c1ccc(-c2ccc(-c3ccc4ccc5ccc(-c6ccc7ncccc7c6)c6ccc3c4c56)cc2)nc1. The summed E-state index contributed by atoms with van der Waals surface area (Å²) in [6.07, 6.45) is 14.4. The van der Waals surface area contributed by atoms with Gasteiger partial charge in [0.05, 0.1) is 11.2 Å². The lowest BCUT2D eigenvalue weighted by Crippen LogP contribution is -1.90. The lowest BCUT2D eigenvalue weighted by molar-refractivity contribution is 1.09. The van der Waals surface area contributed by atoms with E-state index in [0.29, 0.717) is 0 Å². The smallest absolute Gasteiger partial charge is 0.0702 e. The van der Waals surface area contributed by atoms with Crippen LogP contribution in [0.2, 0.25) is 0 Å². The lowest BCUT2D eigenvalue weighted by Gasteiger charge is -2.17. The summed E-state index contributed by atoms with van der Waals surface area (Å²) in [4.78, 5) is 12.6. The molecule has 3 nitrogen and oxygen atoms in total. The number of hydrogen-bond acceptors (Lipinski definition) is 3. The topological polar surface area (TPSA) is 38.1 Å². The number of allylic oxidation sites excluding steroid dienone is 6. The van der Waals surface area contributed by atoms with Crippen molar-refractivity contribution < 1.29 is 0 Å². The van der Waals surface area contributed by atoms with Crippen molar-refractivity contribution in [1.29, 1.82) is 0 Å². The van der Waals surface area contributed by atoms with Crippen LogP contribution in [0, 0.1) is 0 Å². The summed E-state index contributed by atoms with van der Waals surface area (Å²) in [7, 11) is 1.75. The molecular weight excluding hydrogens is 667 g/mol. The van der Waals surface area contributed by atoms with Crippen molar-refractivity contribution in [1.82, 2.24) is 9.97 Å². The summed E-state index contributed by atoms with van der Waals surface area (Å²) in [6, 6.07) is 43.6. The Morgan fingerprint density at radius 1 is 0.636 bits per heavy atom. The minimum atomic E-state index is 0.946. The predicted molar refractivity (Wildman–Crippen MR) is 244 cm³/mol. The van der Waals surface area contributed by atoms with E-state index >= 15 is 0 Å². The molecule has 0 unspecified atom stereocenters. The fourth-order valence-electron chi connectivity index (χ4n) is 6.30. The van der Waals surface area contributed by atoms with E-state index in [9.17, 15) is 0 Å².